The van der Waals surface area contributed by atoms with Gasteiger partial charge in [-0.15, -0.1) is 0 Å². The van der Waals surface area contributed by atoms with Crippen molar-refractivity contribution >= 4 is 17.4 Å². The van der Waals surface area contributed by atoms with Crippen LogP contribution in [0, 0.1) is 6.92 Å². The van der Waals surface area contributed by atoms with Gasteiger partial charge in [-0.1, -0.05) is 32.4 Å². The number of nitrogens with zero attached hydrogens (tertiary/aromatic N) is 2. The Morgan fingerprint density at radius 1 is 0.974 bits per heavy atom. The number of hydrogen-bond acceptors (Lipinski definition) is 7. The predicted octanol–water partition coefficient (Wildman–Crippen LogP) is 4.72. The number of aliphatic hydroxyl groups is 1. The Bertz CT molecular complexity index is 1170. The summed E-state index contributed by atoms with van der Waals surface area (Å²) in [7, 11) is 0. The van der Waals surface area contributed by atoms with Crippen LogP contribution < -0.4 is 9.47 Å². The molecule has 39 heavy (non-hydrogen) atoms. The number of amides is 1. The van der Waals surface area contributed by atoms with Crippen molar-refractivity contribution in [2.75, 3.05) is 52.6 Å². The Morgan fingerprint density at radius 2 is 1.72 bits per heavy atom. The van der Waals surface area contributed by atoms with Crippen LogP contribution in [-0.2, 0) is 14.3 Å². The van der Waals surface area contributed by atoms with Crippen molar-refractivity contribution in [3.8, 4) is 11.5 Å². The summed E-state index contributed by atoms with van der Waals surface area (Å²) in [5.41, 5.74) is 2.18. The number of benzene rings is 2. The number of unbranched alkanes of at least 4 members (excludes halogenated alkanes) is 1. The normalized spacial score (nSPS) is 19.5. The van der Waals surface area contributed by atoms with Gasteiger partial charge in [-0.3, -0.25) is 14.5 Å². The first-order chi connectivity index (χ1) is 18.9. The van der Waals surface area contributed by atoms with Crippen LogP contribution in [0.15, 0.2) is 48.0 Å². The van der Waals surface area contributed by atoms with E-state index in [2.05, 4.69) is 11.8 Å². The van der Waals surface area contributed by atoms with E-state index in [0.29, 0.717) is 45.1 Å². The maximum Gasteiger partial charge on any atom is 0.295 e. The van der Waals surface area contributed by atoms with Crippen molar-refractivity contribution in [2.45, 2.75) is 46.1 Å². The Morgan fingerprint density at radius 3 is 2.38 bits per heavy atom. The molecule has 0 bridgehead atoms. The third-order valence-electron chi connectivity index (χ3n) is 7.17. The van der Waals surface area contributed by atoms with E-state index in [4.69, 9.17) is 14.2 Å². The number of ether oxygens (including phenoxy) is 3. The molecule has 2 aromatic rings. The van der Waals surface area contributed by atoms with E-state index in [0.717, 1.165) is 55.0 Å². The number of aliphatic hydroxyl groups excluding tert-OH is 1. The fourth-order valence-electron chi connectivity index (χ4n) is 4.94. The molecule has 2 aliphatic heterocycles. The summed E-state index contributed by atoms with van der Waals surface area (Å²) < 4.78 is 17.0. The molecule has 1 unspecified atom stereocenters. The zero-order valence-corrected chi connectivity index (χ0v) is 23.3. The lowest BCUT2D eigenvalue weighted by atomic mass is 9.94. The Kier molecular flexibility index (Phi) is 10.0. The highest BCUT2D eigenvalue weighted by atomic mass is 16.5. The molecule has 2 fully saturated rings. The lowest BCUT2D eigenvalue weighted by Gasteiger charge is -2.31. The molecule has 1 N–H and O–H groups in total. The summed E-state index contributed by atoms with van der Waals surface area (Å²) in [6, 6.07) is 12.1. The molecule has 0 aliphatic carbocycles. The summed E-state index contributed by atoms with van der Waals surface area (Å²) in [5, 5.41) is 11.5. The van der Waals surface area contributed by atoms with Gasteiger partial charge in [0.25, 0.3) is 11.7 Å². The molecule has 0 spiro atoms. The fourth-order valence-corrected chi connectivity index (χ4v) is 4.94. The van der Waals surface area contributed by atoms with Crippen molar-refractivity contribution in [1.82, 2.24) is 9.80 Å². The van der Waals surface area contributed by atoms with Crippen molar-refractivity contribution in [3.63, 3.8) is 0 Å². The zero-order valence-electron chi connectivity index (χ0n) is 23.3. The Labute approximate surface area is 231 Å². The Hall–Kier alpha value is -3.36. The molecule has 2 aromatic carbocycles. The number of Topliss-reactive ketones (excluding diaryl/α,β-unsaturated/α-hetero) is 1. The van der Waals surface area contributed by atoms with Gasteiger partial charge in [0, 0.05) is 31.7 Å². The maximum absolute atomic E-state index is 13.4. The second kappa shape index (κ2) is 13.6. The molecule has 2 saturated heterocycles. The molecular weight excluding hydrogens is 496 g/mol. The monoisotopic (exact) mass is 536 g/mol. The van der Waals surface area contributed by atoms with Crippen LogP contribution in [0.5, 0.6) is 11.5 Å². The van der Waals surface area contributed by atoms with Crippen LogP contribution >= 0.6 is 0 Å². The van der Waals surface area contributed by atoms with E-state index < -0.39 is 17.7 Å². The molecule has 4 rings (SSSR count). The summed E-state index contributed by atoms with van der Waals surface area (Å²) in [5.74, 6) is 0.0103. The van der Waals surface area contributed by atoms with Gasteiger partial charge in [0.15, 0.2) is 0 Å². The van der Waals surface area contributed by atoms with Crippen LogP contribution in [0.4, 0.5) is 0 Å². The minimum Gasteiger partial charge on any atom is -0.507 e. The number of morpholine rings is 1. The summed E-state index contributed by atoms with van der Waals surface area (Å²) in [4.78, 5) is 30.5. The highest BCUT2D eigenvalue weighted by Gasteiger charge is 2.46. The van der Waals surface area contributed by atoms with Gasteiger partial charge in [0.05, 0.1) is 38.0 Å². The summed E-state index contributed by atoms with van der Waals surface area (Å²) in [6.45, 7) is 11.1. The second-order valence-corrected chi connectivity index (χ2v) is 10.0. The molecule has 8 heteroatoms. The van der Waals surface area contributed by atoms with Crippen LogP contribution in [0.25, 0.3) is 5.76 Å². The largest absolute Gasteiger partial charge is 0.507 e. The molecule has 210 valence electrons. The number of hydrogen-bond donors (Lipinski definition) is 1. The van der Waals surface area contributed by atoms with Gasteiger partial charge in [-0.05, 0) is 61.2 Å². The van der Waals surface area contributed by atoms with Gasteiger partial charge < -0.3 is 24.2 Å². The van der Waals surface area contributed by atoms with E-state index in [1.165, 1.54) is 0 Å². The first-order valence-electron chi connectivity index (χ1n) is 14.0. The number of carbonyl (C=O) groups excluding carboxylic acids is 2. The number of aryl methyl sites for hydroxylation is 1. The lowest BCUT2D eigenvalue weighted by molar-refractivity contribution is -0.140. The molecule has 8 nitrogen and oxygen atoms in total. The van der Waals surface area contributed by atoms with Gasteiger partial charge in [-0.25, -0.2) is 0 Å². The maximum atomic E-state index is 13.4. The van der Waals surface area contributed by atoms with Gasteiger partial charge in [0.1, 0.15) is 17.3 Å². The van der Waals surface area contributed by atoms with Crippen molar-refractivity contribution in [2.24, 2.45) is 0 Å². The van der Waals surface area contributed by atoms with E-state index >= 15 is 0 Å². The zero-order chi connectivity index (χ0) is 27.8. The number of likely N-dealkylation sites (tertiary alicyclic amines) is 1. The smallest absolute Gasteiger partial charge is 0.295 e. The first-order valence-corrected chi connectivity index (χ1v) is 14.0. The molecule has 0 aromatic heterocycles. The minimum absolute atomic E-state index is 0.100. The topological polar surface area (TPSA) is 88.5 Å². The standard InChI is InChI=1S/C31H40N2O6/c1-4-6-18-39-26-12-9-24(21-22(26)3)29(34)27-28(23-7-10-25(11-8-23)38-17-5-2)33(31(36)30(27)35)14-13-32-15-19-37-20-16-32/h7-12,21,28,34H,4-6,13-20H2,1-3H3. The van der Waals surface area contributed by atoms with Crippen LogP contribution in [0.2, 0.25) is 0 Å². The molecule has 1 amide bonds. The fraction of sp³-hybridized carbons (Fsp3) is 0.484. The third kappa shape index (κ3) is 6.81. The van der Waals surface area contributed by atoms with E-state index in [9.17, 15) is 14.7 Å². The van der Waals surface area contributed by atoms with Crippen molar-refractivity contribution in [3.05, 3.63) is 64.7 Å². The highest BCUT2D eigenvalue weighted by molar-refractivity contribution is 6.46. The summed E-state index contributed by atoms with van der Waals surface area (Å²) in [6.07, 6.45) is 2.89. The molecule has 0 saturated carbocycles. The number of carbonyl (C=O) groups is 2. The molecular formula is C31H40N2O6. The molecule has 2 aliphatic rings. The third-order valence-corrected chi connectivity index (χ3v) is 7.17. The average Bonchev–Trinajstić information content (AvgIpc) is 3.21. The van der Waals surface area contributed by atoms with Gasteiger partial charge in [-0.2, -0.15) is 0 Å². The SMILES string of the molecule is CCCCOc1ccc(C(O)=C2C(=O)C(=O)N(CCN3CCOCC3)C2c2ccc(OCCC)cc2)cc1C. The Balaban J connectivity index is 1.68. The molecule has 1 atom stereocenters. The van der Waals surface area contributed by atoms with E-state index in [1.807, 2.05) is 44.2 Å². The second-order valence-electron chi connectivity index (χ2n) is 10.0. The van der Waals surface area contributed by atoms with Crippen molar-refractivity contribution in [1.29, 1.82) is 0 Å². The van der Waals surface area contributed by atoms with Crippen LogP contribution in [-0.4, -0.2) is 79.2 Å². The minimum atomic E-state index is -0.702. The lowest BCUT2D eigenvalue weighted by Crippen LogP contribution is -2.42. The van der Waals surface area contributed by atoms with E-state index in [1.54, 1.807) is 17.0 Å². The quantitative estimate of drug-likeness (QED) is 0.182. The van der Waals surface area contributed by atoms with Gasteiger partial charge >= 0.3 is 0 Å². The molecule has 2 heterocycles. The van der Waals surface area contributed by atoms with Gasteiger partial charge in [0.2, 0.25) is 0 Å². The van der Waals surface area contributed by atoms with Crippen LogP contribution in [0.3, 0.4) is 0 Å². The number of rotatable bonds is 12. The average molecular weight is 537 g/mol. The van der Waals surface area contributed by atoms with Crippen LogP contribution in [0.1, 0.15) is 55.8 Å². The summed E-state index contributed by atoms with van der Waals surface area (Å²) >= 11 is 0. The molecule has 0 radical (unpaired) electrons. The highest BCUT2D eigenvalue weighted by Crippen LogP contribution is 2.40. The number of ketones is 1. The first kappa shape index (κ1) is 28.6. The van der Waals surface area contributed by atoms with Crippen molar-refractivity contribution < 1.29 is 28.9 Å². The predicted molar refractivity (Wildman–Crippen MR) is 150 cm³/mol. The van der Waals surface area contributed by atoms with E-state index in [-0.39, 0.29) is 11.3 Å².